The van der Waals surface area contributed by atoms with Gasteiger partial charge in [-0.05, 0) is 40.2 Å². The molecule has 1 heterocycles. The van der Waals surface area contributed by atoms with Crippen LogP contribution < -0.4 is 5.32 Å². The second kappa shape index (κ2) is 5.71. The van der Waals surface area contributed by atoms with E-state index in [1.807, 2.05) is 12.1 Å². The van der Waals surface area contributed by atoms with E-state index in [0.717, 1.165) is 0 Å². The maximum Gasteiger partial charge on any atom is 0.144 e. The van der Waals surface area contributed by atoms with E-state index in [1.165, 1.54) is 6.20 Å². The highest BCUT2D eigenvalue weighted by atomic mass is 79.9. The van der Waals surface area contributed by atoms with Gasteiger partial charge in [0, 0.05) is 11.9 Å². The molecule has 6 heteroatoms. The third-order valence-corrected chi connectivity index (χ3v) is 3.14. The Labute approximate surface area is 123 Å². The maximum absolute atomic E-state index is 8.96. The SMILES string of the molecule is N#Cc1ccc(Nc2ncc(Cl)cc2Br)cc1C#N. The third-order valence-electron chi connectivity index (χ3n) is 2.33. The number of hydrogen-bond acceptors (Lipinski definition) is 4. The van der Waals surface area contributed by atoms with Gasteiger partial charge in [-0.2, -0.15) is 10.5 Å². The average Bonchev–Trinajstić information content (AvgIpc) is 2.41. The molecule has 1 aromatic carbocycles. The first-order chi connectivity index (χ1) is 9.13. The van der Waals surface area contributed by atoms with Crippen molar-refractivity contribution in [1.82, 2.24) is 4.98 Å². The fourth-order valence-electron chi connectivity index (χ4n) is 1.46. The Kier molecular flexibility index (Phi) is 4.01. The molecule has 0 amide bonds. The van der Waals surface area contributed by atoms with Gasteiger partial charge >= 0.3 is 0 Å². The summed E-state index contributed by atoms with van der Waals surface area (Å²) < 4.78 is 0.711. The molecule has 2 rings (SSSR count). The van der Waals surface area contributed by atoms with Gasteiger partial charge in [-0.25, -0.2) is 4.98 Å². The quantitative estimate of drug-likeness (QED) is 0.902. The summed E-state index contributed by atoms with van der Waals surface area (Å²) in [6.07, 6.45) is 1.52. The number of halogens is 2. The van der Waals surface area contributed by atoms with E-state index in [0.29, 0.717) is 32.1 Å². The minimum atomic E-state index is 0.317. The lowest BCUT2D eigenvalue weighted by Gasteiger charge is -2.08. The zero-order valence-corrected chi connectivity index (χ0v) is 11.8. The van der Waals surface area contributed by atoms with Crippen molar-refractivity contribution in [2.24, 2.45) is 0 Å². The molecule has 4 nitrogen and oxygen atoms in total. The maximum atomic E-state index is 8.96. The first-order valence-corrected chi connectivity index (χ1v) is 6.33. The van der Waals surface area contributed by atoms with Crippen LogP contribution in [0.25, 0.3) is 0 Å². The summed E-state index contributed by atoms with van der Waals surface area (Å²) in [6.45, 7) is 0. The predicted octanol–water partition coefficient (Wildman–Crippen LogP) is 3.98. The van der Waals surface area contributed by atoms with E-state index in [1.54, 1.807) is 24.3 Å². The van der Waals surface area contributed by atoms with Crippen molar-refractivity contribution in [3.05, 3.63) is 51.1 Å². The number of anilines is 2. The fraction of sp³-hybridized carbons (Fsp3) is 0. The molecule has 1 N–H and O–H groups in total. The van der Waals surface area contributed by atoms with E-state index >= 15 is 0 Å². The molecule has 0 aliphatic heterocycles. The zero-order valence-electron chi connectivity index (χ0n) is 9.48. The van der Waals surface area contributed by atoms with Gasteiger partial charge in [0.15, 0.2) is 0 Å². The average molecular weight is 334 g/mol. The number of nitriles is 2. The van der Waals surface area contributed by atoms with Crippen molar-refractivity contribution in [2.45, 2.75) is 0 Å². The summed E-state index contributed by atoms with van der Waals surface area (Å²) in [4.78, 5) is 4.13. The molecule has 0 saturated carbocycles. The minimum Gasteiger partial charge on any atom is -0.339 e. The van der Waals surface area contributed by atoms with Crippen LogP contribution in [0.15, 0.2) is 34.9 Å². The Bertz CT molecular complexity index is 716. The van der Waals surface area contributed by atoms with Crippen LogP contribution in [-0.4, -0.2) is 4.98 Å². The van der Waals surface area contributed by atoms with Gasteiger partial charge in [0.25, 0.3) is 0 Å². The summed E-state index contributed by atoms with van der Waals surface area (Å²) >= 11 is 9.15. The number of benzene rings is 1. The monoisotopic (exact) mass is 332 g/mol. The smallest absolute Gasteiger partial charge is 0.144 e. The lowest BCUT2D eigenvalue weighted by atomic mass is 10.1. The first-order valence-electron chi connectivity index (χ1n) is 5.16. The van der Waals surface area contributed by atoms with Gasteiger partial charge in [0.1, 0.15) is 18.0 Å². The minimum absolute atomic E-state index is 0.317. The number of nitrogens with one attached hydrogen (secondary N) is 1. The topological polar surface area (TPSA) is 72.5 Å². The normalized spacial score (nSPS) is 9.47. The van der Waals surface area contributed by atoms with Crippen LogP contribution in [0.1, 0.15) is 11.1 Å². The Hall–Kier alpha value is -2.08. The summed E-state index contributed by atoms with van der Waals surface area (Å²) in [7, 11) is 0. The van der Waals surface area contributed by atoms with E-state index in [2.05, 4.69) is 26.2 Å². The van der Waals surface area contributed by atoms with E-state index < -0.39 is 0 Å². The largest absolute Gasteiger partial charge is 0.339 e. The number of nitrogens with zero attached hydrogens (tertiary/aromatic N) is 3. The van der Waals surface area contributed by atoms with Gasteiger partial charge in [-0.1, -0.05) is 11.6 Å². The molecule has 0 saturated heterocycles. The summed E-state index contributed by atoms with van der Waals surface area (Å²) in [5, 5.41) is 21.4. The van der Waals surface area contributed by atoms with Crippen molar-refractivity contribution < 1.29 is 0 Å². The second-order valence-electron chi connectivity index (χ2n) is 3.59. The first kappa shape index (κ1) is 13.4. The highest BCUT2D eigenvalue weighted by molar-refractivity contribution is 9.10. The van der Waals surface area contributed by atoms with Gasteiger partial charge in [0.05, 0.1) is 20.6 Å². The van der Waals surface area contributed by atoms with E-state index in [-0.39, 0.29) is 0 Å². The Morgan fingerprint density at radius 3 is 2.53 bits per heavy atom. The number of rotatable bonds is 2. The molecule has 0 unspecified atom stereocenters. The molecular formula is C13H6BrClN4. The van der Waals surface area contributed by atoms with Crippen LogP contribution >= 0.6 is 27.5 Å². The Balaban J connectivity index is 2.34. The highest BCUT2D eigenvalue weighted by Gasteiger charge is 2.06. The summed E-state index contributed by atoms with van der Waals surface area (Å²) in [5.41, 5.74) is 1.33. The molecule has 0 bridgehead atoms. The summed E-state index contributed by atoms with van der Waals surface area (Å²) in [6, 6.07) is 10.6. The van der Waals surface area contributed by atoms with E-state index in [4.69, 9.17) is 22.1 Å². The van der Waals surface area contributed by atoms with Crippen LogP contribution in [0.5, 0.6) is 0 Å². The molecule has 0 aliphatic carbocycles. The Morgan fingerprint density at radius 2 is 1.89 bits per heavy atom. The number of pyridine rings is 1. The molecule has 0 atom stereocenters. The van der Waals surface area contributed by atoms with Gasteiger partial charge in [0.2, 0.25) is 0 Å². The van der Waals surface area contributed by atoms with Crippen LogP contribution in [0.2, 0.25) is 5.02 Å². The lowest BCUT2D eigenvalue weighted by Crippen LogP contribution is -1.96. The highest BCUT2D eigenvalue weighted by Crippen LogP contribution is 2.26. The second-order valence-corrected chi connectivity index (χ2v) is 4.88. The molecule has 2 aromatic rings. The predicted molar refractivity (Wildman–Crippen MR) is 76.1 cm³/mol. The molecule has 19 heavy (non-hydrogen) atoms. The van der Waals surface area contributed by atoms with E-state index in [9.17, 15) is 0 Å². The number of hydrogen-bond donors (Lipinski definition) is 1. The van der Waals surface area contributed by atoms with Crippen LogP contribution in [0, 0.1) is 22.7 Å². The molecule has 0 spiro atoms. The van der Waals surface area contributed by atoms with Crippen molar-refractivity contribution in [1.29, 1.82) is 10.5 Å². The Morgan fingerprint density at radius 1 is 1.16 bits per heavy atom. The lowest BCUT2D eigenvalue weighted by molar-refractivity contribution is 1.29. The third kappa shape index (κ3) is 3.03. The van der Waals surface area contributed by atoms with Crippen LogP contribution in [0.3, 0.4) is 0 Å². The fourth-order valence-corrected chi connectivity index (χ4v) is 2.19. The zero-order chi connectivity index (χ0) is 13.8. The van der Waals surface area contributed by atoms with Gasteiger partial charge in [-0.3, -0.25) is 0 Å². The summed E-state index contributed by atoms with van der Waals surface area (Å²) in [5.74, 6) is 0.581. The van der Waals surface area contributed by atoms with Gasteiger partial charge in [-0.15, -0.1) is 0 Å². The van der Waals surface area contributed by atoms with Crippen LogP contribution in [-0.2, 0) is 0 Å². The molecule has 0 radical (unpaired) electrons. The molecular weight excluding hydrogens is 328 g/mol. The van der Waals surface area contributed by atoms with Crippen molar-refractivity contribution in [2.75, 3.05) is 5.32 Å². The molecule has 92 valence electrons. The molecule has 0 fully saturated rings. The molecule has 1 aromatic heterocycles. The van der Waals surface area contributed by atoms with Crippen molar-refractivity contribution >= 4 is 39.0 Å². The standard InChI is InChI=1S/C13H6BrClN4/c14-12-4-10(15)7-18-13(12)19-11-2-1-8(5-16)9(3-11)6-17/h1-4,7H,(H,18,19). The van der Waals surface area contributed by atoms with Crippen molar-refractivity contribution in [3.8, 4) is 12.1 Å². The van der Waals surface area contributed by atoms with Crippen LogP contribution in [0.4, 0.5) is 11.5 Å². The van der Waals surface area contributed by atoms with Crippen molar-refractivity contribution in [3.63, 3.8) is 0 Å². The van der Waals surface area contributed by atoms with Gasteiger partial charge < -0.3 is 5.32 Å². The number of aromatic nitrogens is 1. The molecule has 0 aliphatic rings.